The molecule has 0 saturated carbocycles. The Hall–Kier alpha value is -2.32. The van der Waals surface area contributed by atoms with Gasteiger partial charge in [0.25, 0.3) is 11.1 Å². The van der Waals surface area contributed by atoms with Gasteiger partial charge in [0.05, 0.1) is 24.8 Å². The number of carbonyl (C=O) groups excluding carboxylic acids is 1. The van der Waals surface area contributed by atoms with Crippen molar-refractivity contribution in [3.63, 3.8) is 0 Å². The van der Waals surface area contributed by atoms with E-state index in [1.165, 1.54) is 30.2 Å². The van der Waals surface area contributed by atoms with Crippen molar-refractivity contribution in [2.24, 2.45) is 0 Å². The van der Waals surface area contributed by atoms with Gasteiger partial charge in [-0.25, -0.2) is 0 Å². The van der Waals surface area contributed by atoms with E-state index in [-0.39, 0.29) is 11.5 Å². The van der Waals surface area contributed by atoms with E-state index in [9.17, 15) is 4.79 Å². The Morgan fingerprint density at radius 3 is 2.75 bits per heavy atom. The lowest BCUT2D eigenvalue weighted by atomic mass is 10.1. The summed E-state index contributed by atoms with van der Waals surface area (Å²) < 4.78 is 15.9. The molecule has 0 amide bonds. The second kappa shape index (κ2) is 7.50. The van der Waals surface area contributed by atoms with Crippen molar-refractivity contribution >= 4 is 28.9 Å². The van der Waals surface area contributed by atoms with Crippen LogP contribution in [0.2, 0.25) is 0 Å². The van der Waals surface area contributed by atoms with Gasteiger partial charge < -0.3 is 13.9 Å². The van der Waals surface area contributed by atoms with Crippen LogP contribution >= 0.6 is 23.1 Å². The minimum Gasteiger partial charge on any atom is -0.493 e. The topological polar surface area (TPSA) is 74.5 Å². The summed E-state index contributed by atoms with van der Waals surface area (Å²) in [5.41, 5.74) is 0.540. The van der Waals surface area contributed by atoms with Crippen LogP contribution in [0.1, 0.15) is 10.4 Å². The summed E-state index contributed by atoms with van der Waals surface area (Å²) in [6.45, 7) is 0. The fourth-order valence-electron chi connectivity index (χ4n) is 1.99. The molecule has 0 aliphatic carbocycles. The van der Waals surface area contributed by atoms with Crippen molar-refractivity contribution in [1.29, 1.82) is 0 Å². The first kappa shape index (κ1) is 16.5. The number of Topliss-reactive ketones (excluding diaryl/α,β-unsaturated/α-hetero) is 1. The Balaban J connectivity index is 1.65. The standard InChI is InChI=1S/C16H14N2O4S2/c1-20-12-6-5-10(8-13(12)21-2)11(19)9-24-16-18-17-15(22-16)14-4-3-7-23-14/h3-8H,9H2,1-2H3. The first-order valence-corrected chi connectivity index (χ1v) is 8.83. The van der Waals surface area contributed by atoms with E-state index in [0.717, 1.165) is 4.88 Å². The maximum Gasteiger partial charge on any atom is 0.277 e. The normalized spacial score (nSPS) is 10.6. The van der Waals surface area contributed by atoms with E-state index < -0.39 is 0 Å². The minimum absolute atomic E-state index is 0.0585. The molecule has 0 aliphatic heterocycles. The first-order chi connectivity index (χ1) is 11.7. The lowest BCUT2D eigenvalue weighted by Crippen LogP contribution is -2.03. The second-order valence-electron chi connectivity index (χ2n) is 4.63. The number of methoxy groups -OCH3 is 2. The third kappa shape index (κ3) is 3.60. The lowest BCUT2D eigenvalue weighted by molar-refractivity contribution is 0.102. The molecule has 8 heteroatoms. The van der Waals surface area contributed by atoms with E-state index in [4.69, 9.17) is 13.9 Å². The molecule has 0 N–H and O–H groups in total. The van der Waals surface area contributed by atoms with E-state index in [1.54, 1.807) is 25.3 Å². The van der Waals surface area contributed by atoms with Gasteiger partial charge in [0.2, 0.25) is 0 Å². The van der Waals surface area contributed by atoms with Gasteiger partial charge in [-0.1, -0.05) is 17.8 Å². The summed E-state index contributed by atoms with van der Waals surface area (Å²) in [6, 6.07) is 8.89. The molecule has 0 aliphatic rings. The number of thioether (sulfide) groups is 1. The van der Waals surface area contributed by atoms with Crippen molar-refractivity contribution in [2.45, 2.75) is 5.22 Å². The van der Waals surface area contributed by atoms with Crippen molar-refractivity contribution in [3.05, 3.63) is 41.3 Å². The summed E-state index contributed by atoms with van der Waals surface area (Å²) >= 11 is 2.73. The Morgan fingerprint density at radius 1 is 1.21 bits per heavy atom. The molecule has 0 fully saturated rings. The molecule has 0 atom stereocenters. The zero-order chi connectivity index (χ0) is 16.9. The number of ketones is 1. The van der Waals surface area contributed by atoms with Crippen molar-refractivity contribution in [1.82, 2.24) is 10.2 Å². The molecule has 3 rings (SSSR count). The molecular weight excluding hydrogens is 348 g/mol. The van der Waals surface area contributed by atoms with Crippen LogP contribution in [0.25, 0.3) is 10.8 Å². The number of thiophene rings is 1. The fraction of sp³-hybridized carbons (Fsp3) is 0.188. The van der Waals surface area contributed by atoms with Crippen LogP contribution in [0.15, 0.2) is 45.4 Å². The third-order valence-corrected chi connectivity index (χ3v) is 4.85. The SMILES string of the molecule is COc1ccc(C(=O)CSc2nnc(-c3cccs3)o2)cc1OC. The number of rotatable bonds is 7. The smallest absolute Gasteiger partial charge is 0.277 e. The molecular formula is C16H14N2O4S2. The van der Waals surface area contributed by atoms with E-state index in [0.29, 0.717) is 28.2 Å². The summed E-state index contributed by atoms with van der Waals surface area (Å²) in [7, 11) is 3.08. The van der Waals surface area contributed by atoms with Crippen molar-refractivity contribution in [2.75, 3.05) is 20.0 Å². The highest BCUT2D eigenvalue weighted by Crippen LogP contribution is 2.29. The van der Waals surface area contributed by atoms with Crippen LogP contribution in [0.5, 0.6) is 11.5 Å². The van der Waals surface area contributed by atoms with Crippen LogP contribution in [-0.2, 0) is 0 Å². The molecule has 6 nitrogen and oxygen atoms in total. The molecule has 0 saturated heterocycles. The number of hydrogen-bond acceptors (Lipinski definition) is 8. The second-order valence-corrected chi connectivity index (χ2v) is 6.51. The van der Waals surface area contributed by atoms with Gasteiger partial charge in [-0.15, -0.1) is 21.5 Å². The number of aromatic nitrogens is 2. The monoisotopic (exact) mass is 362 g/mol. The average Bonchev–Trinajstić information content (AvgIpc) is 3.30. The molecule has 24 heavy (non-hydrogen) atoms. The maximum atomic E-state index is 12.3. The molecule has 1 aromatic carbocycles. The Morgan fingerprint density at radius 2 is 2.04 bits per heavy atom. The lowest BCUT2D eigenvalue weighted by Gasteiger charge is -2.08. The van der Waals surface area contributed by atoms with Gasteiger partial charge in [-0.05, 0) is 29.6 Å². The number of carbonyl (C=O) groups is 1. The summed E-state index contributed by atoms with van der Waals surface area (Å²) in [6.07, 6.45) is 0. The van der Waals surface area contributed by atoms with Gasteiger partial charge in [0, 0.05) is 5.56 Å². The largest absolute Gasteiger partial charge is 0.493 e. The molecule has 124 valence electrons. The predicted octanol–water partition coefficient (Wildman–Crippen LogP) is 3.79. The Bertz CT molecular complexity index is 830. The zero-order valence-corrected chi connectivity index (χ0v) is 14.6. The number of ether oxygens (including phenoxy) is 2. The first-order valence-electron chi connectivity index (χ1n) is 6.96. The molecule has 0 unspecified atom stereocenters. The van der Waals surface area contributed by atoms with Gasteiger partial charge in [0.15, 0.2) is 17.3 Å². The van der Waals surface area contributed by atoms with Crippen LogP contribution in [-0.4, -0.2) is 36.0 Å². The van der Waals surface area contributed by atoms with Gasteiger partial charge in [0.1, 0.15) is 0 Å². The van der Waals surface area contributed by atoms with Crippen LogP contribution in [0.3, 0.4) is 0 Å². The summed E-state index contributed by atoms with van der Waals surface area (Å²) in [5.74, 6) is 1.70. The fourth-order valence-corrected chi connectivity index (χ4v) is 3.29. The van der Waals surface area contributed by atoms with E-state index >= 15 is 0 Å². The summed E-state index contributed by atoms with van der Waals surface area (Å²) in [4.78, 5) is 13.2. The van der Waals surface area contributed by atoms with Crippen molar-refractivity contribution in [3.8, 4) is 22.3 Å². The average molecular weight is 362 g/mol. The highest BCUT2D eigenvalue weighted by molar-refractivity contribution is 7.99. The van der Waals surface area contributed by atoms with Crippen LogP contribution in [0.4, 0.5) is 0 Å². The summed E-state index contributed by atoms with van der Waals surface area (Å²) in [5, 5.41) is 10.2. The predicted molar refractivity (Wildman–Crippen MR) is 92.2 cm³/mol. The van der Waals surface area contributed by atoms with Crippen molar-refractivity contribution < 1.29 is 18.7 Å². The molecule has 2 heterocycles. The Kier molecular flexibility index (Phi) is 5.17. The zero-order valence-electron chi connectivity index (χ0n) is 13.0. The number of nitrogens with zero attached hydrogens (tertiary/aromatic N) is 2. The highest BCUT2D eigenvalue weighted by atomic mass is 32.2. The quantitative estimate of drug-likeness (QED) is 0.467. The number of benzene rings is 1. The molecule has 3 aromatic rings. The van der Waals surface area contributed by atoms with Gasteiger partial charge in [-0.3, -0.25) is 4.79 Å². The Labute approximate surface area is 146 Å². The number of hydrogen-bond donors (Lipinski definition) is 0. The molecule has 0 spiro atoms. The van der Waals surface area contributed by atoms with Gasteiger partial charge >= 0.3 is 0 Å². The third-order valence-electron chi connectivity index (χ3n) is 3.17. The maximum absolute atomic E-state index is 12.3. The van der Waals surface area contributed by atoms with Crippen LogP contribution < -0.4 is 9.47 Å². The molecule has 2 aromatic heterocycles. The minimum atomic E-state index is -0.0585. The van der Waals surface area contributed by atoms with Crippen LogP contribution in [0, 0.1) is 0 Å². The van der Waals surface area contributed by atoms with Gasteiger partial charge in [-0.2, -0.15) is 0 Å². The molecule has 0 radical (unpaired) electrons. The van der Waals surface area contributed by atoms with E-state index in [2.05, 4.69) is 10.2 Å². The molecule has 0 bridgehead atoms. The highest BCUT2D eigenvalue weighted by Gasteiger charge is 2.14. The van der Waals surface area contributed by atoms with E-state index in [1.807, 2.05) is 17.5 Å².